The Morgan fingerprint density at radius 2 is 1.97 bits per heavy atom. The first-order valence-electron chi connectivity index (χ1n) is 10.4. The second kappa shape index (κ2) is 8.92. The van der Waals surface area contributed by atoms with E-state index in [1.165, 1.54) is 29.3 Å². The molecule has 3 rings (SSSR count). The highest BCUT2D eigenvalue weighted by Crippen LogP contribution is 2.41. The van der Waals surface area contributed by atoms with Crippen LogP contribution in [0, 0.1) is 5.92 Å². The molecule has 2 aromatic rings. The molecular formula is C23H26F3N3O4. The number of hydrogen-bond acceptors (Lipinski definition) is 5. The van der Waals surface area contributed by atoms with E-state index in [0.717, 1.165) is 6.07 Å². The Bertz CT molecular complexity index is 1070. The number of carbonyl (C=O) groups is 2. The number of hydrogen-bond donors (Lipinski definition) is 1. The zero-order valence-corrected chi connectivity index (χ0v) is 18.8. The van der Waals surface area contributed by atoms with Crippen molar-refractivity contribution in [1.82, 2.24) is 9.88 Å². The number of alkyl halides is 3. The molecule has 7 nitrogen and oxygen atoms in total. The summed E-state index contributed by atoms with van der Waals surface area (Å²) in [6, 6.07) is 5.13. The summed E-state index contributed by atoms with van der Waals surface area (Å²) in [7, 11) is 1.61. The Morgan fingerprint density at radius 3 is 2.58 bits per heavy atom. The summed E-state index contributed by atoms with van der Waals surface area (Å²) < 4.78 is 52.4. The van der Waals surface area contributed by atoms with Gasteiger partial charge >= 0.3 is 12.3 Å². The Labute approximate surface area is 189 Å². The maximum Gasteiger partial charge on any atom is 0.419 e. The van der Waals surface area contributed by atoms with E-state index in [9.17, 15) is 22.8 Å². The van der Waals surface area contributed by atoms with Crippen LogP contribution in [0.3, 0.4) is 0 Å². The molecule has 1 aliphatic heterocycles. The lowest BCUT2D eigenvalue weighted by Crippen LogP contribution is -2.41. The molecule has 2 amide bonds. The number of primary amides is 1. The highest BCUT2D eigenvalue weighted by molar-refractivity contribution is 6.03. The summed E-state index contributed by atoms with van der Waals surface area (Å²) in [5.74, 6) is -0.634. The van der Waals surface area contributed by atoms with E-state index in [4.69, 9.17) is 15.2 Å². The quantitative estimate of drug-likeness (QED) is 0.643. The molecule has 2 heterocycles. The standard InChI is InChI=1S/C23H26F3N3O4/c1-13(2)10-22(3,33-21(27)31)12-32-18-6-5-14(9-16(18)23(24,25)26)15-7-8-28-17-11-29(4)20(30)19(15)17/h5-9,13H,10-12H2,1-4H3,(H2,27,31)/t22-/m0/s1. The monoisotopic (exact) mass is 465 g/mol. The van der Waals surface area contributed by atoms with Gasteiger partial charge < -0.3 is 20.1 Å². The first kappa shape index (κ1) is 24.3. The van der Waals surface area contributed by atoms with Crippen molar-refractivity contribution in [2.75, 3.05) is 13.7 Å². The number of aromatic nitrogens is 1. The molecule has 0 fully saturated rings. The van der Waals surface area contributed by atoms with Crippen molar-refractivity contribution < 1.29 is 32.2 Å². The Balaban J connectivity index is 1.98. The molecule has 10 heteroatoms. The molecule has 0 saturated carbocycles. The van der Waals surface area contributed by atoms with E-state index in [2.05, 4.69) is 4.98 Å². The minimum atomic E-state index is -4.72. The van der Waals surface area contributed by atoms with Gasteiger partial charge in [-0.1, -0.05) is 19.9 Å². The van der Waals surface area contributed by atoms with Gasteiger partial charge in [-0.3, -0.25) is 9.78 Å². The predicted molar refractivity (Wildman–Crippen MR) is 114 cm³/mol. The second-order valence-corrected chi connectivity index (χ2v) is 8.81. The van der Waals surface area contributed by atoms with Crippen molar-refractivity contribution >= 4 is 12.0 Å². The third-order valence-electron chi connectivity index (χ3n) is 5.29. The summed E-state index contributed by atoms with van der Waals surface area (Å²) in [6.45, 7) is 5.30. The number of ether oxygens (including phenoxy) is 2. The van der Waals surface area contributed by atoms with E-state index in [0.29, 0.717) is 29.8 Å². The fourth-order valence-electron chi connectivity index (χ4n) is 4.10. The molecule has 0 bridgehead atoms. The molecule has 0 spiro atoms. The third-order valence-corrected chi connectivity index (χ3v) is 5.29. The SMILES string of the molecule is CC(C)C[C@@](C)(COc1ccc(-c2ccnc3c2C(=O)N(C)C3)cc1C(F)(F)F)OC(N)=O. The average Bonchev–Trinajstić information content (AvgIpc) is 2.98. The van der Waals surface area contributed by atoms with Gasteiger partial charge in [-0.05, 0) is 48.6 Å². The molecule has 1 aromatic carbocycles. The first-order chi connectivity index (χ1) is 15.3. The number of nitrogens with two attached hydrogens (primary N) is 1. The second-order valence-electron chi connectivity index (χ2n) is 8.81. The molecular weight excluding hydrogens is 439 g/mol. The Hall–Kier alpha value is -3.30. The normalized spacial score (nSPS) is 15.4. The highest BCUT2D eigenvalue weighted by Gasteiger charge is 2.37. The Morgan fingerprint density at radius 1 is 1.27 bits per heavy atom. The highest BCUT2D eigenvalue weighted by atomic mass is 19.4. The fourth-order valence-corrected chi connectivity index (χ4v) is 4.10. The zero-order valence-electron chi connectivity index (χ0n) is 18.8. The van der Waals surface area contributed by atoms with Gasteiger partial charge in [0.25, 0.3) is 5.91 Å². The van der Waals surface area contributed by atoms with Crippen molar-refractivity contribution in [3.05, 3.63) is 47.3 Å². The van der Waals surface area contributed by atoms with Crippen molar-refractivity contribution in [2.24, 2.45) is 11.7 Å². The minimum absolute atomic E-state index is 0.0758. The summed E-state index contributed by atoms with van der Waals surface area (Å²) in [5, 5.41) is 0. The number of rotatable bonds is 7. The van der Waals surface area contributed by atoms with Crippen LogP contribution in [0.4, 0.5) is 18.0 Å². The van der Waals surface area contributed by atoms with Crippen LogP contribution in [0.25, 0.3) is 11.1 Å². The third kappa shape index (κ3) is 5.37. The van der Waals surface area contributed by atoms with Crippen LogP contribution in [0.1, 0.15) is 48.8 Å². The van der Waals surface area contributed by atoms with Gasteiger partial charge in [0, 0.05) is 13.2 Å². The summed E-state index contributed by atoms with van der Waals surface area (Å²) in [6.07, 6.45) is -3.94. The molecule has 1 aromatic heterocycles. The maximum absolute atomic E-state index is 13.9. The summed E-state index contributed by atoms with van der Waals surface area (Å²) in [5.41, 5.74) is 4.33. The average molecular weight is 465 g/mol. The van der Waals surface area contributed by atoms with E-state index >= 15 is 0 Å². The number of benzene rings is 1. The Kier molecular flexibility index (Phi) is 6.58. The lowest BCUT2D eigenvalue weighted by atomic mass is 9.94. The largest absolute Gasteiger partial charge is 0.489 e. The van der Waals surface area contributed by atoms with E-state index in [-0.39, 0.29) is 24.0 Å². The number of amides is 2. The summed E-state index contributed by atoms with van der Waals surface area (Å²) in [4.78, 5) is 29.5. The molecule has 1 aliphatic rings. The van der Waals surface area contributed by atoms with Gasteiger partial charge in [0.15, 0.2) is 0 Å². The van der Waals surface area contributed by atoms with Crippen molar-refractivity contribution in [1.29, 1.82) is 0 Å². The van der Waals surface area contributed by atoms with E-state index in [1.807, 2.05) is 13.8 Å². The smallest absolute Gasteiger partial charge is 0.419 e. The van der Waals surface area contributed by atoms with Crippen molar-refractivity contribution in [3.63, 3.8) is 0 Å². The van der Waals surface area contributed by atoms with Crippen molar-refractivity contribution in [3.8, 4) is 16.9 Å². The van der Waals surface area contributed by atoms with Crippen LogP contribution in [0.5, 0.6) is 5.75 Å². The van der Waals surface area contributed by atoms with Crippen LogP contribution in [-0.4, -0.2) is 41.1 Å². The first-order valence-corrected chi connectivity index (χ1v) is 10.4. The number of carbonyl (C=O) groups excluding carboxylic acids is 2. The number of fused-ring (bicyclic) bond motifs is 1. The molecule has 178 valence electrons. The van der Waals surface area contributed by atoms with Crippen LogP contribution < -0.4 is 10.5 Å². The van der Waals surface area contributed by atoms with Crippen LogP contribution in [0.15, 0.2) is 30.5 Å². The number of nitrogens with zero attached hydrogens (tertiary/aromatic N) is 2. The predicted octanol–water partition coefficient (Wildman–Crippen LogP) is 4.63. The number of pyridine rings is 1. The van der Waals surface area contributed by atoms with Gasteiger partial charge in [-0.25, -0.2) is 4.79 Å². The molecule has 1 atom stereocenters. The van der Waals surface area contributed by atoms with Gasteiger partial charge in [-0.2, -0.15) is 13.2 Å². The minimum Gasteiger partial charge on any atom is -0.489 e. The maximum atomic E-state index is 13.9. The van der Waals surface area contributed by atoms with Gasteiger partial charge in [0.1, 0.15) is 18.0 Å². The topological polar surface area (TPSA) is 94.8 Å². The lowest BCUT2D eigenvalue weighted by molar-refractivity contribution is -0.139. The lowest BCUT2D eigenvalue weighted by Gasteiger charge is -2.30. The van der Waals surface area contributed by atoms with E-state index < -0.39 is 29.2 Å². The van der Waals surface area contributed by atoms with Crippen LogP contribution in [0.2, 0.25) is 0 Å². The molecule has 33 heavy (non-hydrogen) atoms. The molecule has 2 N–H and O–H groups in total. The van der Waals surface area contributed by atoms with Crippen LogP contribution >= 0.6 is 0 Å². The molecule has 0 unspecified atom stereocenters. The van der Waals surface area contributed by atoms with Gasteiger partial charge in [0.05, 0.1) is 23.4 Å². The van der Waals surface area contributed by atoms with E-state index in [1.54, 1.807) is 14.0 Å². The molecule has 0 aliphatic carbocycles. The zero-order chi connectivity index (χ0) is 24.6. The van der Waals surface area contributed by atoms with Gasteiger partial charge in [-0.15, -0.1) is 0 Å². The summed E-state index contributed by atoms with van der Waals surface area (Å²) >= 11 is 0. The fraction of sp³-hybridized carbons (Fsp3) is 0.435. The van der Waals surface area contributed by atoms with Crippen molar-refractivity contribution in [2.45, 2.75) is 45.5 Å². The van der Waals surface area contributed by atoms with Gasteiger partial charge in [0.2, 0.25) is 0 Å². The number of halogens is 3. The van der Waals surface area contributed by atoms with Crippen LogP contribution in [-0.2, 0) is 17.5 Å². The molecule has 0 saturated heterocycles. The molecule has 0 radical (unpaired) electrons.